The quantitative estimate of drug-likeness (QED) is 0.440. The summed E-state index contributed by atoms with van der Waals surface area (Å²) in [6.45, 7) is 6.19. The molecule has 140 valence electrons. The maximum Gasteiger partial charge on any atom is 0.267 e. The lowest BCUT2D eigenvalue weighted by Gasteiger charge is -2.11. The maximum atomic E-state index is 13.0. The smallest absolute Gasteiger partial charge is 0.267 e. The van der Waals surface area contributed by atoms with Crippen molar-refractivity contribution in [1.29, 1.82) is 0 Å². The van der Waals surface area contributed by atoms with Crippen LogP contribution >= 0.6 is 23.1 Å². The molecule has 0 spiro atoms. The molecule has 0 radical (unpaired) electrons. The average Bonchev–Trinajstić information content (AvgIpc) is 3.29. The van der Waals surface area contributed by atoms with Crippen molar-refractivity contribution in [2.24, 2.45) is 4.99 Å². The molecule has 1 aliphatic heterocycles. The molecule has 1 aliphatic rings. The highest BCUT2D eigenvalue weighted by atomic mass is 32.2. The number of fused-ring (bicyclic) bond motifs is 1. The van der Waals surface area contributed by atoms with Crippen LogP contribution in [-0.2, 0) is 11.2 Å². The topological polar surface area (TPSA) is 58.5 Å². The van der Waals surface area contributed by atoms with E-state index in [1.54, 1.807) is 11.0 Å². The Morgan fingerprint density at radius 3 is 2.79 bits per heavy atom. The molecule has 0 unspecified atom stereocenters. The third-order valence-corrected chi connectivity index (χ3v) is 6.23. The van der Waals surface area contributed by atoms with Gasteiger partial charge in [-0.3, -0.25) is 9.69 Å². The van der Waals surface area contributed by atoms with E-state index in [1.165, 1.54) is 23.1 Å². The number of aryl methyl sites for hydroxylation is 1. The highest BCUT2D eigenvalue weighted by Gasteiger charge is 2.33. The van der Waals surface area contributed by atoms with Gasteiger partial charge in [-0.05, 0) is 40.6 Å². The summed E-state index contributed by atoms with van der Waals surface area (Å²) in [5.41, 5.74) is 1.01. The number of rotatable bonds is 5. The number of hydrogen-bond donors (Lipinski definition) is 0. The van der Waals surface area contributed by atoms with Crippen molar-refractivity contribution in [1.82, 2.24) is 15.1 Å². The fourth-order valence-electron chi connectivity index (χ4n) is 2.91. The summed E-state index contributed by atoms with van der Waals surface area (Å²) in [5.74, 6) is -0.0724. The van der Waals surface area contributed by atoms with E-state index in [0.29, 0.717) is 21.7 Å². The van der Waals surface area contributed by atoms with Crippen molar-refractivity contribution in [3.05, 3.63) is 70.6 Å². The molecule has 7 heteroatoms. The zero-order valence-electron chi connectivity index (χ0n) is 15.3. The van der Waals surface area contributed by atoms with E-state index >= 15 is 0 Å². The Hall–Kier alpha value is -2.77. The van der Waals surface area contributed by atoms with Gasteiger partial charge in [0.15, 0.2) is 5.17 Å². The Balaban J connectivity index is 1.73. The van der Waals surface area contributed by atoms with Gasteiger partial charge in [0.25, 0.3) is 5.91 Å². The Morgan fingerprint density at radius 1 is 1.18 bits per heavy atom. The van der Waals surface area contributed by atoms with Crippen LogP contribution in [0.5, 0.6) is 0 Å². The van der Waals surface area contributed by atoms with Crippen LogP contribution in [0.15, 0.2) is 65.0 Å². The number of benzene rings is 2. The predicted molar refractivity (Wildman–Crippen MR) is 118 cm³/mol. The fraction of sp³-hybridized carbons (Fsp3) is 0.143. The Kier molecular flexibility index (Phi) is 5.36. The molecule has 3 aromatic rings. The van der Waals surface area contributed by atoms with Crippen molar-refractivity contribution in [2.45, 2.75) is 13.3 Å². The van der Waals surface area contributed by atoms with Gasteiger partial charge in [-0.15, -0.1) is 16.8 Å². The number of nitrogens with zero attached hydrogens (tertiary/aromatic N) is 4. The Bertz CT molecular complexity index is 1110. The van der Waals surface area contributed by atoms with Crippen LogP contribution in [0.4, 0.5) is 5.13 Å². The van der Waals surface area contributed by atoms with E-state index in [1.807, 2.05) is 37.3 Å². The summed E-state index contributed by atoms with van der Waals surface area (Å²) < 4.78 is 0. The number of aromatic nitrogens is 2. The second kappa shape index (κ2) is 8.08. The van der Waals surface area contributed by atoms with E-state index in [4.69, 9.17) is 0 Å². The molecule has 2 heterocycles. The molecule has 5 nitrogen and oxygen atoms in total. The van der Waals surface area contributed by atoms with Crippen LogP contribution in [0.3, 0.4) is 0 Å². The summed E-state index contributed by atoms with van der Waals surface area (Å²) in [4.78, 5) is 19.8. The molecule has 1 saturated heterocycles. The number of hydrogen-bond acceptors (Lipinski definition) is 6. The minimum atomic E-state index is -0.0724. The average molecular weight is 407 g/mol. The second-order valence-electron chi connectivity index (χ2n) is 6.11. The zero-order chi connectivity index (χ0) is 19.5. The summed E-state index contributed by atoms with van der Waals surface area (Å²) >= 11 is 2.80. The first-order valence-corrected chi connectivity index (χ1v) is 10.5. The summed E-state index contributed by atoms with van der Waals surface area (Å²) in [5, 5.41) is 12.6. The lowest BCUT2D eigenvalue weighted by molar-refractivity contribution is -0.121. The van der Waals surface area contributed by atoms with Crippen molar-refractivity contribution in [3.8, 4) is 0 Å². The first-order valence-electron chi connectivity index (χ1n) is 8.90. The highest BCUT2D eigenvalue weighted by Crippen LogP contribution is 2.35. The summed E-state index contributed by atoms with van der Waals surface area (Å²) in [7, 11) is 0. The number of thioether (sulfide) groups is 1. The van der Waals surface area contributed by atoms with E-state index in [0.717, 1.165) is 27.8 Å². The lowest BCUT2D eigenvalue weighted by atomic mass is 10.0. The highest BCUT2D eigenvalue weighted by molar-refractivity contribution is 8.18. The zero-order valence-corrected chi connectivity index (χ0v) is 17.0. The van der Waals surface area contributed by atoms with Crippen LogP contribution < -0.4 is 0 Å². The van der Waals surface area contributed by atoms with Gasteiger partial charge >= 0.3 is 0 Å². The number of aliphatic imine (C=N–C) groups is 1. The molecule has 0 saturated carbocycles. The third kappa shape index (κ3) is 3.63. The van der Waals surface area contributed by atoms with Crippen molar-refractivity contribution < 1.29 is 4.79 Å². The molecule has 0 atom stereocenters. The summed E-state index contributed by atoms with van der Waals surface area (Å²) in [6.07, 6.45) is 4.45. The van der Waals surface area contributed by atoms with E-state index < -0.39 is 0 Å². The van der Waals surface area contributed by atoms with Gasteiger partial charge in [0.2, 0.25) is 5.13 Å². The molecule has 1 aromatic heterocycles. The van der Waals surface area contributed by atoms with Gasteiger partial charge in [0, 0.05) is 6.54 Å². The minimum Gasteiger partial charge on any atom is -0.282 e. The number of amidine groups is 1. The maximum absolute atomic E-state index is 13.0. The van der Waals surface area contributed by atoms with Crippen LogP contribution in [0, 0.1) is 0 Å². The largest absolute Gasteiger partial charge is 0.282 e. The normalized spacial score (nSPS) is 17.2. The summed E-state index contributed by atoms with van der Waals surface area (Å²) in [6, 6.07) is 14.2. The van der Waals surface area contributed by atoms with Gasteiger partial charge in [0.05, 0.1) is 4.91 Å². The van der Waals surface area contributed by atoms with Crippen LogP contribution in [0.1, 0.15) is 17.5 Å². The molecular formula is C21H18N4OS2. The SMILES string of the molecule is C=CCN1C(=O)/C(=C\c2cccc3ccccc23)SC1=Nc1nnc(CC)s1. The fourth-order valence-corrected chi connectivity index (χ4v) is 4.60. The van der Waals surface area contributed by atoms with Gasteiger partial charge < -0.3 is 0 Å². The monoisotopic (exact) mass is 406 g/mol. The lowest BCUT2D eigenvalue weighted by Crippen LogP contribution is -2.29. The molecule has 4 rings (SSSR count). The van der Waals surface area contributed by atoms with Gasteiger partial charge in [-0.1, -0.05) is 66.8 Å². The Morgan fingerprint density at radius 2 is 2.00 bits per heavy atom. The first-order chi connectivity index (χ1) is 13.7. The van der Waals surface area contributed by atoms with E-state index in [-0.39, 0.29) is 5.91 Å². The molecule has 28 heavy (non-hydrogen) atoms. The molecule has 1 fully saturated rings. The van der Waals surface area contributed by atoms with Crippen LogP contribution in [0.2, 0.25) is 0 Å². The number of amides is 1. The third-order valence-electron chi connectivity index (χ3n) is 4.26. The molecule has 2 aromatic carbocycles. The molecule has 0 bridgehead atoms. The molecular weight excluding hydrogens is 388 g/mol. The van der Waals surface area contributed by atoms with Gasteiger partial charge in [-0.25, -0.2) is 0 Å². The predicted octanol–water partition coefficient (Wildman–Crippen LogP) is 5.04. The van der Waals surface area contributed by atoms with E-state index in [9.17, 15) is 4.79 Å². The standard InChI is InChI=1S/C21H18N4OS2/c1-3-12-25-19(26)17(27-21(25)22-20-24-23-18(4-2)28-20)13-15-10-7-9-14-8-5-6-11-16(14)15/h3,5-11,13H,1,4,12H2,2H3/b17-13+,22-21?. The van der Waals surface area contributed by atoms with Crippen molar-refractivity contribution in [2.75, 3.05) is 6.54 Å². The first kappa shape index (κ1) is 18.6. The van der Waals surface area contributed by atoms with Gasteiger partial charge in [0.1, 0.15) is 5.01 Å². The molecule has 0 aliphatic carbocycles. The minimum absolute atomic E-state index is 0.0724. The second-order valence-corrected chi connectivity index (χ2v) is 8.16. The number of carbonyl (C=O) groups is 1. The molecule has 0 N–H and O–H groups in total. The van der Waals surface area contributed by atoms with E-state index in [2.05, 4.69) is 40.0 Å². The van der Waals surface area contributed by atoms with Crippen LogP contribution in [-0.4, -0.2) is 32.7 Å². The van der Waals surface area contributed by atoms with Crippen LogP contribution in [0.25, 0.3) is 16.8 Å². The molecule has 1 amide bonds. The van der Waals surface area contributed by atoms with Crippen molar-refractivity contribution in [3.63, 3.8) is 0 Å². The van der Waals surface area contributed by atoms with Gasteiger partial charge in [-0.2, -0.15) is 4.99 Å². The number of carbonyl (C=O) groups excluding carboxylic acids is 1. The Labute approximate surface area is 171 Å². The van der Waals surface area contributed by atoms with Crippen molar-refractivity contribution >= 4 is 56.2 Å².